The van der Waals surface area contributed by atoms with Crippen molar-refractivity contribution in [1.29, 1.82) is 0 Å². The summed E-state index contributed by atoms with van der Waals surface area (Å²) in [7, 11) is 0. The Morgan fingerprint density at radius 1 is 0.943 bits per heavy atom. The van der Waals surface area contributed by atoms with Gasteiger partial charge in [0.1, 0.15) is 6.61 Å². The Morgan fingerprint density at radius 2 is 1.69 bits per heavy atom. The van der Waals surface area contributed by atoms with E-state index < -0.39 is 0 Å². The van der Waals surface area contributed by atoms with Gasteiger partial charge in [0.25, 0.3) is 5.91 Å². The van der Waals surface area contributed by atoms with Crippen molar-refractivity contribution in [1.82, 2.24) is 5.32 Å². The Kier molecular flexibility index (Phi) is 6.05. The lowest BCUT2D eigenvalue weighted by Crippen LogP contribution is -2.56. The van der Waals surface area contributed by atoms with Crippen molar-refractivity contribution in [2.75, 3.05) is 0 Å². The van der Waals surface area contributed by atoms with Crippen molar-refractivity contribution in [3.05, 3.63) is 82.9 Å². The van der Waals surface area contributed by atoms with E-state index in [2.05, 4.69) is 17.5 Å². The van der Waals surface area contributed by atoms with Gasteiger partial charge in [-0.15, -0.1) is 0 Å². The van der Waals surface area contributed by atoms with Gasteiger partial charge in [-0.3, -0.25) is 4.79 Å². The maximum absolute atomic E-state index is 13.5. The first-order chi connectivity index (χ1) is 17.1. The molecule has 4 bridgehead atoms. The number of esters is 1. The van der Waals surface area contributed by atoms with Gasteiger partial charge in [-0.25, -0.2) is 4.79 Å². The Hall–Kier alpha value is -3.14. The van der Waals surface area contributed by atoms with Gasteiger partial charge in [-0.2, -0.15) is 0 Å². The normalized spacial score (nSPS) is 28.5. The summed E-state index contributed by atoms with van der Waals surface area (Å²) in [5.74, 6) is 2.82. The predicted octanol–water partition coefficient (Wildman–Crippen LogP) is 5.71. The number of allylic oxidation sites excluding steroid dienone is 1. The minimum atomic E-state index is -0.373. The molecule has 0 saturated heterocycles. The fourth-order valence-electron chi connectivity index (χ4n) is 7.19. The lowest BCUT2D eigenvalue weighted by Gasteiger charge is -2.54. The quantitative estimate of drug-likeness (QED) is 0.437. The van der Waals surface area contributed by atoms with Crippen molar-refractivity contribution in [2.24, 2.45) is 23.7 Å². The molecule has 180 valence electrons. The fraction of sp³-hybridized carbons (Fsp3) is 0.419. The number of carbonyl (C=O) groups is 2. The Morgan fingerprint density at radius 3 is 2.43 bits per heavy atom. The average molecular weight is 468 g/mol. The molecule has 0 aromatic heterocycles. The fourth-order valence-corrected chi connectivity index (χ4v) is 7.19. The second-order valence-electron chi connectivity index (χ2n) is 10.9. The highest BCUT2D eigenvalue weighted by atomic mass is 16.5. The van der Waals surface area contributed by atoms with E-state index in [1.165, 1.54) is 43.7 Å². The second kappa shape index (κ2) is 9.49. The van der Waals surface area contributed by atoms with Crippen molar-refractivity contribution in [3.63, 3.8) is 0 Å². The zero-order valence-corrected chi connectivity index (χ0v) is 20.1. The zero-order chi connectivity index (χ0) is 23.8. The van der Waals surface area contributed by atoms with E-state index in [1.807, 2.05) is 42.5 Å². The van der Waals surface area contributed by atoms with Crippen LogP contribution in [0.15, 0.2) is 60.7 Å². The molecule has 4 nitrogen and oxygen atoms in total. The molecule has 1 amide bonds. The van der Waals surface area contributed by atoms with E-state index in [4.69, 9.17) is 4.74 Å². The summed E-state index contributed by atoms with van der Waals surface area (Å²) in [6.45, 7) is 0.256. The molecular weight excluding hydrogens is 434 g/mol. The molecule has 7 rings (SSSR count). The van der Waals surface area contributed by atoms with Gasteiger partial charge in [0.15, 0.2) is 0 Å². The summed E-state index contributed by atoms with van der Waals surface area (Å²) >= 11 is 0. The molecule has 0 spiro atoms. The Balaban J connectivity index is 1.13. The summed E-state index contributed by atoms with van der Waals surface area (Å²) in [4.78, 5) is 25.7. The average Bonchev–Trinajstić information content (AvgIpc) is 2.88. The number of ether oxygens (including phenoxy) is 1. The third kappa shape index (κ3) is 4.71. The van der Waals surface area contributed by atoms with E-state index >= 15 is 0 Å². The number of rotatable bonds is 6. The van der Waals surface area contributed by atoms with Gasteiger partial charge < -0.3 is 10.1 Å². The molecule has 0 radical (unpaired) electrons. The highest BCUT2D eigenvalue weighted by Gasteiger charge is 2.48. The maximum Gasteiger partial charge on any atom is 0.331 e. The smallest absolute Gasteiger partial charge is 0.331 e. The van der Waals surface area contributed by atoms with Crippen LogP contribution in [0.5, 0.6) is 0 Å². The van der Waals surface area contributed by atoms with Crippen molar-refractivity contribution < 1.29 is 14.3 Å². The van der Waals surface area contributed by atoms with Crippen LogP contribution < -0.4 is 5.32 Å². The number of carbonyl (C=O) groups excluding carboxylic acids is 2. The van der Waals surface area contributed by atoms with Crippen LogP contribution in [-0.2, 0) is 27.4 Å². The van der Waals surface area contributed by atoms with E-state index in [1.54, 1.807) is 6.08 Å². The van der Waals surface area contributed by atoms with Gasteiger partial charge in [-0.1, -0.05) is 48.5 Å². The van der Waals surface area contributed by atoms with Crippen LogP contribution in [0.1, 0.15) is 60.8 Å². The molecular formula is C31H33NO3. The summed E-state index contributed by atoms with van der Waals surface area (Å²) < 4.78 is 5.35. The van der Waals surface area contributed by atoms with Gasteiger partial charge >= 0.3 is 5.97 Å². The van der Waals surface area contributed by atoms with Crippen LogP contribution in [0.25, 0.3) is 11.6 Å². The highest BCUT2D eigenvalue weighted by Crippen LogP contribution is 2.53. The first-order valence-electron chi connectivity index (χ1n) is 13.2. The molecule has 2 aromatic rings. The number of hydrogen-bond acceptors (Lipinski definition) is 3. The second-order valence-corrected chi connectivity index (χ2v) is 10.9. The Bertz CT molecular complexity index is 1150. The molecule has 1 N–H and O–H groups in total. The molecule has 2 aromatic carbocycles. The van der Waals surface area contributed by atoms with Crippen LogP contribution in [0, 0.1) is 23.7 Å². The minimum Gasteiger partial charge on any atom is -0.458 e. The molecule has 4 saturated carbocycles. The third-order valence-electron chi connectivity index (χ3n) is 8.59. The van der Waals surface area contributed by atoms with Crippen LogP contribution in [0.3, 0.4) is 0 Å². The monoisotopic (exact) mass is 467 g/mol. The molecule has 0 heterocycles. The Labute approximate surface area is 207 Å². The molecule has 4 heteroatoms. The maximum atomic E-state index is 13.5. The summed E-state index contributed by atoms with van der Waals surface area (Å²) in [5, 5.41) is 3.48. The van der Waals surface area contributed by atoms with Gasteiger partial charge in [-0.05, 0) is 103 Å². The van der Waals surface area contributed by atoms with E-state index in [9.17, 15) is 9.59 Å². The van der Waals surface area contributed by atoms with Crippen molar-refractivity contribution in [3.8, 4) is 0 Å². The summed E-state index contributed by atoms with van der Waals surface area (Å²) in [6.07, 6.45) is 13.8. The van der Waals surface area contributed by atoms with Crippen molar-refractivity contribution >= 4 is 23.5 Å². The van der Waals surface area contributed by atoms with Gasteiger partial charge in [0.05, 0.1) is 0 Å². The molecule has 4 fully saturated rings. The minimum absolute atomic E-state index is 0.0758. The number of hydrogen-bond donors (Lipinski definition) is 1. The first-order valence-corrected chi connectivity index (χ1v) is 13.2. The number of benzene rings is 2. The van der Waals surface area contributed by atoms with E-state index in [0.29, 0.717) is 17.9 Å². The van der Waals surface area contributed by atoms with Crippen molar-refractivity contribution in [2.45, 2.75) is 57.6 Å². The largest absolute Gasteiger partial charge is 0.458 e. The lowest BCUT2D eigenvalue weighted by molar-refractivity contribution is -0.138. The summed E-state index contributed by atoms with van der Waals surface area (Å²) in [6, 6.07) is 16.1. The van der Waals surface area contributed by atoms with Gasteiger partial charge in [0, 0.05) is 17.7 Å². The third-order valence-corrected chi connectivity index (χ3v) is 8.59. The van der Waals surface area contributed by atoms with E-state index in [-0.39, 0.29) is 18.5 Å². The van der Waals surface area contributed by atoms with Crippen LogP contribution >= 0.6 is 0 Å². The molecule has 5 aliphatic carbocycles. The highest BCUT2D eigenvalue weighted by molar-refractivity contribution is 6.20. The van der Waals surface area contributed by atoms with Crippen LogP contribution in [0.4, 0.5) is 0 Å². The van der Waals surface area contributed by atoms with E-state index in [0.717, 1.165) is 46.9 Å². The topological polar surface area (TPSA) is 55.4 Å². The van der Waals surface area contributed by atoms with Gasteiger partial charge in [0.2, 0.25) is 0 Å². The number of nitrogens with one attached hydrogen (secondary N) is 1. The molecule has 0 atom stereocenters. The first kappa shape index (κ1) is 22.3. The predicted molar refractivity (Wildman–Crippen MR) is 137 cm³/mol. The SMILES string of the molecule is O=C(/C=C/c1ccc2c(c1)C(C(=O)NC1C3CC4CC(C3)CC1C4)=CCC2)OCc1ccccc1. The standard InChI is InChI=1S/C31H33NO3/c33-29(35-19-21-5-2-1-3-6-21)12-10-20-9-11-24-7-4-8-27(28(24)18-20)31(34)32-30-25-14-22-13-23(16-25)17-26(30)15-22/h1-3,5-6,8-12,18,22-23,25-26,30H,4,7,13-17,19H2,(H,32,34)/b12-10+. The number of aryl methyl sites for hydroxylation is 1. The molecule has 35 heavy (non-hydrogen) atoms. The summed E-state index contributed by atoms with van der Waals surface area (Å²) in [5.41, 5.74) is 4.85. The molecule has 0 unspecified atom stereocenters. The molecule has 5 aliphatic rings. The number of fused-ring (bicyclic) bond motifs is 1. The van der Waals surface area contributed by atoms with Crippen LogP contribution in [-0.4, -0.2) is 17.9 Å². The lowest BCUT2D eigenvalue weighted by atomic mass is 9.54. The number of amides is 1. The van der Waals surface area contributed by atoms with Crippen LogP contribution in [0.2, 0.25) is 0 Å². The molecule has 0 aliphatic heterocycles. The zero-order valence-electron chi connectivity index (χ0n) is 20.1.